The van der Waals surface area contributed by atoms with Crippen LogP contribution in [0.15, 0.2) is 48.0 Å². The number of likely N-dealkylation sites (tertiary alicyclic amines) is 1. The molecule has 1 N–H and O–H groups in total. The maximum atomic E-state index is 14.8. The minimum atomic E-state index is -1.01. The van der Waals surface area contributed by atoms with Gasteiger partial charge in [-0.25, -0.2) is 4.39 Å². The molecule has 0 unspecified atom stereocenters. The Morgan fingerprint density at radius 3 is 2.53 bits per heavy atom. The quantitative estimate of drug-likeness (QED) is 0.383. The molecule has 6 nitrogen and oxygen atoms in total. The van der Waals surface area contributed by atoms with Crippen molar-refractivity contribution < 1.29 is 23.8 Å². The van der Waals surface area contributed by atoms with Crippen LogP contribution < -0.4 is 4.74 Å². The Kier molecular flexibility index (Phi) is 7.30. The van der Waals surface area contributed by atoms with E-state index in [1.54, 1.807) is 30.3 Å². The summed E-state index contributed by atoms with van der Waals surface area (Å²) >= 11 is 0. The van der Waals surface area contributed by atoms with Crippen molar-refractivity contribution in [3.8, 4) is 5.75 Å². The van der Waals surface area contributed by atoms with Crippen LogP contribution in [-0.4, -0.2) is 60.4 Å². The highest BCUT2D eigenvalue weighted by atomic mass is 19.1. The molecule has 7 heteroatoms. The van der Waals surface area contributed by atoms with Gasteiger partial charge in [0.05, 0.1) is 18.2 Å². The van der Waals surface area contributed by atoms with Crippen LogP contribution in [0.2, 0.25) is 0 Å². The number of aliphatic hydroxyl groups excluding tert-OH is 1. The Hall–Kier alpha value is -3.19. The number of carbonyl (C=O) groups is 2. The van der Waals surface area contributed by atoms with Gasteiger partial charge in [0.25, 0.3) is 11.7 Å². The Labute approximate surface area is 187 Å². The van der Waals surface area contributed by atoms with E-state index in [-0.39, 0.29) is 23.4 Å². The molecule has 2 aromatic rings. The Morgan fingerprint density at radius 2 is 1.91 bits per heavy atom. The van der Waals surface area contributed by atoms with Gasteiger partial charge in [-0.05, 0) is 57.3 Å². The number of hydrogen-bond donors (Lipinski definition) is 1. The minimum absolute atomic E-state index is 0.111. The first-order valence-electron chi connectivity index (χ1n) is 10.7. The van der Waals surface area contributed by atoms with Crippen LogP contribution in [0.3, 0.4) is 0 Å². The van der Waals surface area contributed by atoms with Crippen LogP contribution in [-0.2, 0) is 9.59 Å². The van der Waals surface area contributed by atoms with Crippen molar-refractivity contribution in [2.24, 2.45) is 0 Å². The Balaban J connectivity index is 2.11. The van der Waals surface area contributed by atoms with Crippen LogP contribution in [0, 0.1) is 12.7 Å². The lowest BCUT2D eigenvalue weighted by molar-refractivity contribution is -0.140. The summed E-state index contributed by atoms with van der Waals surface area (Å²) in [5.74, 6) is -1.76. The van der Waals surface area contributed by atoms with Gasteiger partial charge in [-0.15, -0.1) is 0 Å². The summed E-state index contributed by atoms with van der Waals surface area (Å²) in [4.78, 5) is 29.1. The lowest BCUT2D eigenvalue weighted by Gasteiger charge is -2.26. The van der Waals surface area contributed by atoms with Crippen molar-refractivity contribution in [2.75, 3.05) is 33.8 Å². The van der Waals surface area contributed by atoms with Gasteiger partial charge in [0.2, 0.25) is 0 Å². The lowest BCUT2D eigenvalue weighted by atomic mass is 9.94. The smallest absolute Gasteiger partial charge is 0.295 e. The molecule has 170 valence electrons. The molecule has 0 aliphatic carbocycles. The van der Waals surface area contributed by atoms with Gasteiger partial charge in [-0.3, -0.25) is 9.59 Å². The van der Waals surface area contributed by atoms with Crippen molar-refractivity contribution in [1.29, 1.82) is 0 Å². The molecule has 1 fully saturated rings. The van der Waals surface area contributed by atoms with Gasteiger partial charge in [0.15, 0.2) is 0 Å². The fraction of sp³-hybridized carbons (Fsp3) is 0.360. The normalized spacial score (nSPS) is 17.9. The molecular formula is C25H29FN2O4. The van der Waals surface area contributed by atoms with Gasteiger partial charge in [0, 0.05) is 24.2 Å². The molecule has 0 saturated carbocycles. The van der Waals surface area contributed by atoms with E-state index < -0.39 is 23.5 Å². The number of ketones is 1. The van der Waals surface area contributed by atoms with Crippen LogP contribution in [0.1, 0.15) is 36.1 Å². The molecule has 0 spiro atoms. The summed E-state index contributed by atoms with van der Waals surface area (Å²) in [6.45, 7) is 5.12. The van der Waals surface area contributed by atoms with Crippen molar-refractivity contribution in [2.45, 2.75) is 26.3 Å². The van der Waals surface area contributed by atoms with E-state index in [0.717, 1.165) is 12.0 Å². The van der Waals surface area contributed by atoms with Crippen LogP contribution >= 0.6 is 0 Å². The van der Waals surface area contributed by atoms with Crippen LogP contribution in [0.5, 0.6) is 5.75 Å². The number of aliphatic hydroxyl groups is 1. The van der Waals surface area contributed by atoms with E-state index in [9.17, 15) is 19.1 Å². The second-order valence-corrected chi connectivity index (χ2v) is 8.15. The molecule has 3 rings (SSSR count). The van der Waals surface area contributed by atoms with Crippen molar-refractivity contribution in [3.05, 3.63) is 70.5 Å². The summed E-state index contributed by atoms with van der Waals surface area (Å²) < 4.78 is 20.4. The molecule has 32 heavy (non-hydrogen) atoms. The molecule has 0 radical (unpaired) electrons. The third-order valence-corrected chi connectivity index (χ3v) is 5.44. The molecule has 2 aromatic carbocycles. The van der Waals surface area contributed by atoms with E-state index in [1.807, 2.05) is 32.8 Å². The summed E-state index contributed by atoms with van der Waals surface area (Å²) in [5, 5.41) is 11.1. The van der Waals surface area contributed by atoms with E-state index in [4.69, 9.17) is 4.74 Å². The topological polar surface area (TPSA) is 70.1 Å². The molecule has 1 saturated heterocycles. The summed E-state index contributed by atoms with van der Waals surface area (Å²) in [6, 6.07) is 10.1. The Morgan fingerprint density at radius 1 is 1.19 bits per heavy atom. The van der Waals surface area contributed by atoms with E-state index in [0.29, 0.717) is 24.5 Å². The van der Waals surface area contributed by atoms with Crippen molar-refractivity contribution in [3.63, 3.8) is 0 Å². The first-order valence-corrected chi connectivity index (χ1v) is 10.7. The highest BCUT2D eigenvalue weighted by Crippen LogP contribution is 2.40. The van der Waals surface area contributed by atoms with E-state index in [1.165, 1.54) is 17.0 Å². The van der Waals surface area contributed by atoms with Gasteiger partial charge >= 0.3 is 0 Å². The van der Waals surface area contributed by atoms with Gasteiger partial charge in [-0.2, -0.15) is 0 Å². The average molecular weight is 441 g/mol. The molecule has 1 heterocycles. The number of hydrogen-bond acceptors (Lipinski definition) is 5. The monoisotopic (exact) mass is 440 g/mol. The third-order valence-electron chi connectivity index (χ3n) is 5.44. The number of Topliss-reactive ketones (excluding diaryl/α,β-unsaturated/α-hetero) is 1. The lowest BCUT2D eigenvalue weighted by Crippen LogP contribution is -2.35. The van der Waals surface area contributed by atoms with Gasteiger partial charge < -0.3 is 19.6 Å². The second kappa shape index (κ2) is 9.96. The maximum absolute atomic E-state index is 14.8. The molecule has 1 amide bonds. The van der Waals surface area contributed by atoms with E-state index >= 15 is 0 Å². The molecular weight excluding hydrogens is 411 g/mol. The first-order chi connectivity index (χ1) is 15.3. The zero-order valence-electron chi connectivity index (χ0n) is 18.9. The van der Waals surface area contributed by atoms with Crippen molar-refractivity contribution in [1.82, 2.24) is 9.80 Å². The average Bonchev–Trinajstić information content (AvgIpc) is 3.01. The maximum Gasteiger partial charge on any atom is 0.295 e. The number of likely N-dealkylation sites (N-methyl/N-ethyl adjacent to an activating group) is 1. The van der Waals surface area contributed by atoms with E-state index in [2.05, 4.69) is 0 Å². The fourth-order valence-corrected chi connectivity index (χ4v) is 3.76. The molecule has 0 bridgehead atoms. The number of carbonyl (C=O) groups excluding carboxylic acids is 2. The second-order valence-electron chi connectivity index (χ2n) is 8.15. The zero-order valence-corrected chi connectivity index (χ0v) is 18.9. The van der Waals surface area contributed by atoms with Crippen molar-refractivity contribution >= 4 is 17.4 Å². The van der Waals surface area contributed by atoms with Crippen LogP contribution in [0.4, 0.5) is 4.39 Å². The summed E-state index contributed by atoms with van der Waals surface area (Å²) in [5.41, 5.74) is 1.22. The molecule has 0 aromatic heterocycles. The first kappa shape index (κ1) is 23.5. The number of halogens is 1. The largest absolute Gasteiger partial charge is 0.507 e. The number of ether oxygens (including phenoxy) is 1. The minimum Gasteiger partial charge on any atom is -0.507 e. The SMILES string of the molecule is CCCOc1ccc(C(O)=C2C(=O)C(=O)N(CCN(C)C)[C@@H]2c2ccccc2F)cc1C. The van der Waals surface area contributed by atoms with Gasteiger partial charge in [0.1, 0.15) is 17.3 Å². The predicted octanol–water partition coefficient (Wildman–Crippen LogP) is 3.91. The molecule has 1 aliphatic heterocycles. The summed E-state index contributed by atoms with van der Waals surface area (Å²) in [6.07, 6.45) is 0.861. The van der Waals surface area contributed by atoms with Crippen LogP contribution in [0.25, 0.3) is 5.76 Å². The number of rotatable bonds is 8. The molecule has 1 atom stereocenters. The number of aryl methyl sites for hydroxylation is 1. The predicted molar refractivity (Wildman–Crippen MR) is 121 cm³/mol. The number of nitrogens with zero attached hydrogens (tertiary/aromatic N) is 2. The Bertz CT molecular complexity index is 1050. The standard InChI is InChI=1S/C25H29FN2O4/c1-5-14-32-20-11-10-17(15-16(20)2)23(29)21-22(18-8-6-7-9-19(18)26)28(13-12-27(3)4)25(31)24(21)30/h6-11,15,22,29H,5,12-14H2,1-4H3/t22-/m1/s1. The third kappa shape index (κ3) is 4.67. The summed E-state index contributed by atoms with van der Waals surface area (Å²) in [7, 11) is 3.69. The number of benzene rings is 2. The molecule has 1 aliphatic rings. The number of amides is 1. The zero-order chi connectivity index (χ0) is 23.4. The fourth-order valence-electron chi connectivity index (χ4n) is 3.76. The highest BCUT2D eigenvalue weighted by Gasteiger charge is 2.46. The highest BCUT2D eigenvalue weighted by molar-refractivity contribution is 6.46. The van der Waals surface area contributed by atoms with Gasteiger partial charge in [-0.1, -0.05) is 25.1 Å².